The number of ether oxygens (including phenoxy) is 1. The van der Waals surface area contributed by atoms with Crippen LogP contribution in [0.3, 0.4) is 0 Å². The van der Waals surface area contributed by atoms with E-state index in [1.165, 1.54) is 18.2 Å². The molecule has 1 aliphatic rings. The molecule has 0 saturated carbocycles. The summed E-state index contributed by atoms with van der Waals surface area (Å²) >= 11 is 0. The van der Waals surface area contributed by atoms with Crippen LogP contribution in [0.15, 0.2) is 29.3 Å². The number of barbiturate groups is 1. The van der Waals surface area contributed by atoms with Crippen molar-refractivity contribution in [2.24, 2.45) is 10.9 Å². The summed E-state index contributed by atoms with van der Waals surface area (Å²) in [6.07, 6.45) is 2.17. The quantitative estimate of drug-likeness (QED) is 0.395. The number of carbonyl (C=O) groups excluding carboxylic acids is 3. The Kier molecular flexibility index (Phi) is 6.24. The molecule has 2 rings (SSSR count). The smallest absolute Gasteiger partial charge is 0.335 e. The largest absolute Gasteiger partial charge is 0.497 e. The summed E-state index contributed by atoms with van der Waals surface area (Å²) < 4.78 is 5.11. The summed E-state index contributed by atoms with van der Waals surface area (Å²) in [6.45, 7) is 1.46. The molecule has 0 aliphatic carbocycles. The number of methoxy groups -OCH3 is 1. The molecule has 1 atom stereocenters. The zero-order valence-electron chi connectivity index (χ0n) is 14.6. The van der Waals surface area contributed by atoms with Gasteiger partial charge in [-0.1, -0.05) is 6.07 Å². The van der Waals surface area contributed by atoms with Crippen molar-refractivity contribution in [3.63, 3.8) is 0 Å². The first-order chi connectivity index (χ1) is 11.9. The molecule has 134 valence electrons. The zero-order valence-corrected chi connectivity index (χ0v) is 14.6. The van der Waals surface area contributed by atoms with Gasteiger partial charge in [-0.25, -0.2) is 9.69 Å². The highest BCUT2D eigenvalue weighted by Gasteiger charge is 2.40. The van der Waals surface area contributed by atoms with Crippen molar-refractivity contribution in [1.29, 1.82) is 0 Å². The fraction of sp³-hybridized carbons (Fsp3) is 0.412. The van der Waals surface area contributed by atoms with Crippen LogP contribution in [0.2, 0.25) is 0 Å². The molecule has 8 heteroatoms. The minimum Gasteiger partial charge on any atom is -0.497 e. The number of carbonyl (C=O) groups is 3. The van der Waals surface area contributed by atoms with E-state index in [1.807, 2.05) is 14.1 Å². The molecule has 1 fully saturated rings. The topological polar surface area (TPSA) is 92.5 Å². The molecule has 0 spiro atoms. The van der Waals surface area contributed by atoms with Gasteiger partial charge in [0.05, 0.1) is 33.4 Å². The van der Waals surface area contributed by atoms with Crippen molar-refractivity contribution in [1.82, 2.24) is 5.32 Å². The summed E-state index contributed by atoms with van der Waals surface area (Å²) in [5.74, 6) is -1.89. The third-order valence-corrected chi connectivity index (χ3v) is 3.73. The lowest BCUT2D eigenvalue weighted by Gasteiger charge is -2.28. The number of quaternary nitrogens is 1. The van der Waals surface area contributed by atoms with Gasteiger partial charge in [0.15, 0.2) is 5.92 Å². The van der Waals surface area contributed by atoms with Crippen molar-refractivity contribution in [3.05, 3.63) is 24.3 Å². The number of urea groups is 1. The molecule has 1 aromatic rings. The van der Waals surface area contributed by atoms with Crippen LogP contribution >= 0.6 is 0 Å². The van der Waals surface area contributed by atoms with Gasteiger partial charge in [0, 0.05) is 25.2 Å². The normalized spacial score (nSPS) is 18.2. The fourth-order valence-corrected chi connectivity index (χ4v) is 2.42. The summed E-state index contributed by atoms with van der Waals surface area (Å²) in [7, 11) is 5.57. The molecule has 1 saturated heterocycles. The number of hydrogen-bond donors (Lipinski definition) is 2. The van der Waals surface area contributed by atoms with Gasteiger partial charge in [-0.2, -0.15) is 0 Å². The highest BCUT2D eigenvalue weighted by atomic mass is 16.5. The Morgan fingerprint density at radius 2 is 2.08 bits per heavy atom. The van der Waals surface area contributed by atoms with E-state index in [-0.39, 0.29) is 0 Å². The average Bonchev–Trinajstić information content (AvgIpc) is 2.57. The maximum absolute atomic E-state index is 12.6. The first-order valence-electron chi connectivity index (χ1n) is 8.06. The van der Waals surface area contributed by atoms with E-state index in [2.05, 4.69) is 10.3 Å². The number of rotatable bonds is 7. The Labute approximate surface area is 146 Å². The molecule has 1 aliphatic heterocycles. The minimum absolute atomic E-state index is 0.337. The lowest BCUT2D eigenvalue weighted by atomic mass is 10.1. The summed E-state index contributed by atoms with van der Waals surface area (Å²) in [5, 5.41) is 2.20. The van der Waals surface area contributed by atoms with Crippen LogP contribution < -0.4 is 19.9 Å². The third kappa shape index (κ3) is 4.63. The van der Waals surface area contributed by atoms with Crippen LogP contribution in [0.1, 0.15) is 6.42 Å². The van der Waals surface area contributed by atoms with Gasteiger partial charge in [0.2, 0.25) is 5.91 Å². The highest BCUT2D eigenvalue weighted by molar-refractivity contribution is 6.32. The van der Waals surface area contributed by atoms with E-state index in [0.29, 0.717) is 18.0 Å². The maximum Gasteiger partial charge on any atom is 0.335 e. The van der Waals surface area contributed by atoms with Crippen molar-refractivity contribution in [2.75, 3.05) is 39.2 Å². The van der Waals surface area contributed by atoms with Crippen LogP contribution in [0.5, 0.6) is 5.75 Å². The number of amides is 4. The highest BCUT2D eigenvalue weighted by Crippen LogP contribution is 2.24. The molecule has 1 unspecified atom stereocenters. The van der Waals surface area contributed by atoms with E-state index >= 15 is 0 Å². The molecule has 1 heterocycles. The lowest BCUT2D eigenvalue weighted by molar-refractivity contribution is -0.858. The number of imide groups is 2. The Hall–Kier alpha value is -2.74. The molecule has 1 aromatic carbocycles. The van der Waals surface area contributed by atoms with Gasteiger partial charge in [-0.15, -0.1) is 0 Å². The lowest BCUT2D eigenvalue weighted by Crippen LogP contribution is -3.05. The van der Waals surface area contributed by atoms with Crippen molar-refractivity contribution < 1.29 is 24.0 Å². The fourth-order valence-electron chi connectivity index (χ4n) is 2.42. The van der Waals surface area contributed by atoms with Crippen molar-refractivity contribution >= 4 is 29.7 Å². The van der Waals surface area contributed by atoms with E-state index in [1.54, 1.807) is 24.3 Å². The molecule has 8 nitrogen and oxygen atoms in total. The molecule has 0 radical (unpaired) electrons. The van der Waals surface area contributed by atoms with Gasteiger partial charge < -0.3 is 9.64 Å². The molecule has 0 aromatic heterocycles. The SMILES string of the molecule is COc1cccc(N2C(=O)NC(=O)C(C=NCCC[NH+](C)C)C2=O)c1. The molecule has 0 bridgehead atoms. The number of nitrogens with one attached hydrogen (secondary N) is 2. The van der Waals surface area contributed by atoms with Crippen LogP contribution in [-0.4, -0.2) is 58.4 Å². The first kappa shape index (κ1) is 18.6. The van der Waals surface area contributed by atoms with Crippen LogP contribution in [0.25, 0.3) is 0 Å². The first-order valence-corrected chi connectivity index (χ1v) is 8.06. The van der Waals surface area contributed by atoms with Gasteiger partial charge in [0.1, 0.15) is 5.75 Å². The number of nitrogens with zero attached hydrogens (tertiary/aromatic N) is 2. The molecular formula is C17H23N4O4+. The van der Waals surface area contributed by atoms with Crippen LogP contribution in [0, 0.1) is 5.92 Å². The third-order valence-electron chi connectivity index (χ3n) is 3.73. The van der Waals surface area contributed by atoms with E-state index in [9.17, 15) is 14.4 Å². The Morgan fingerprint density at radius 3 is 2.76 bits per heavy atom. The second-order valence-electron chi connectivity index (χ2n) is 6.01. The Bertz CT molecular complexity index is 687. The zero-order chi connectivity index (χ0) is 18.4. The second-order valence-corrected chi connectivity index (χ2v) is 6.01. The Balaban J connectivity index is 2.14. The van der Waals surface area contributed by atoms with Gasteiger partial charge in [-0.3, -0.25) is 19.9 Å². The number of hydrogen-bond acceptors (Lipinski definition) is 5. The standard InChI is InChI=1S/C17H22N4O4/c1-20(2)9-5-8-18-11-14-15(22)19-17(24)21(16(14)23)12-6-4-7-13(10-12)25-3/h4,6-7,10-11,14H,5,8-9H2,1-3H3,(H,19,22,24)/p+1. The Morgan fingerprint density at radius 1 is 1.32 bits per heavy atom. The van der Waals surface area contributed by atoms with E-state index < -0.39 is 23.8 Å². The maximum atomic E-state index is 12.6. The van der Waals surface area contributed by atoms with Crippen molar-refractivity contribution in [2.45, 2.75) is 6.42 Å². The van der Waals surface area contributed by atoms with Crippen molar-refractivity contribution in [3.8, 4) is 5.75 Å². The average molecular weight is 347 g/mol. The predicted octanol–water partition coefficient (Wildman–Crippen LogP) is -0.500. The van der Waals surface area contributed by atoms with Crippen LogP contribution in [-0.2, 0) is 9.59 Å². The second kappa shape index (κ2) is 8.39. The number of benzene rings is 1. The summed E-state index contributed by atoms with van der Waals surface area (Å²) in [6, 6.07) is 5.75. The minimum atomic E-state index is -1.12. The summed E-state index contributed by atoms with van der Waals surface area (Å²) in [4.78, 5) is 43.1. The van der Waals surface area contributed by atoms with Crippen LogP contribution in [0.4, 0.5) is 10.5 Å². The monoisotopic (exact) mass is 347 g/mol. The predicted molar refractivity (Wildman–Crippen MR) is 93.2 cm³/mol. The number of anilines is 1. The molecule has 4 amide bonds. The van der Waals surface area contributed by atoms with Gasteiger partial charge in [-0.05, 0) is 12.1 Å². The van der Waals surface area contributed by atoms with E-state index in [0.717, 1.165) is 17.9 Å². The molecule has 2 N–H and O–H groups in total. The van der Waals surface area contributed by atoms with Gasteiger partial charge >= 0.3 is 6.03 Å². The summed E-state index contributed by atoms with van der Waals surface area (Å²) in [5.41, 5.74) is 0.337. The number of aliphatic imine (C=N–C) groups is 1. The van der Waals surface area contributed by atoms with E-state index in [4.69, 9.17) is 4.74 Å². The molecular weight excluding hydrogens is 324 g/mol. The molecule has 25 heavy (non-hydrogen) atoms. The van der Waals surface area contributed by atoms with Gasteiger partial charge in [0.25, 0.3) is 5.91 Å².